The van der Waals surface area contributed by atoms with E-state index in [0.29, 0.717) is 23.6 Å². The zero-order valence-corrected chi connectivity index (χ0v) is 15.2. The molecule has 2 aromatic carbocycles. The van der Waals surface area contributed by atoms with Gasteiger partial charge in [0.05, 0.1) is 0 Å². The van der Waals surface area contributed by atoms with Gasteiger partial charge in [-0.2, -0.15) is 0 Å². The molecule has 2 aromatic rings. The highest BCUT2D eigenvalue weighted by Crippen LogP contribution is 2.36. The minimum atomic E-state index is 0.0148. The number of carbonyl (C=O) groups excluding carboxylic acids is 2. The van der Waals surface area contributed by atoms with E-state index in [9.17, 15) is 9.59 Å². The smallest absolute Gasteiger partial charge is 0.253 e. The molecule has 0 aromatic heterocycles. The Morgan fingerprint density at radius 2 is 1.56 bits per heavy atom. The standard InChI is InChI=1S/C22H25NO2/c1-4-15(5-2)14-23(6-3)22(25)16-11-12-18-17-9-7-8-10-19(17)21(24)20(18)13-16/h7-13,15H,4-6,14H2,1-3H3. The molecular formula is C22H25NO2. The van der Waals surface area contributed by atoms with E-state index in [1.807, 2.05) is 48.2 Å². The third-order valence-corrected chi connectivity index (χ3v) is 5.28. The highest BCUT2D eigenvalue weighted by molar-refractivity contribution is 6.22. The van der Waals surface area contributed by atoms with Crippen LogP contribution in [-0.4, -0.2) is 29.7 Å². The molecule has 0 atom stereocenters. The van der Waals surface area contributed by atoms with E-state index >= 15 is 0 Å². The predicted molar refractivity (Wildman–Crippen MR) is 101 cm³/mol. The largest absolute Gasteiger partial charge is 0.339 e. The molecule has 0 bridgehead atoms. The van der Waals surface area contributed by atoms with Crippen molar-refractivity contribution < 1.29 is 9.59 Å². The minimum Gasteiger partial charge on any atom is -0.339 e. The van der Waals surface area contributed by atoms with Crippen LogP contribution in [-0.2, 0) is 0 Å². The average molecular weight is 335 g/mol. The summed E-state index contributed by atoms with van der Waals surface area (Å²) in [5.41, 5.74) is 3.87. The van der Waals surface area contributed by atoms with Gasteiger partial charge in [0.2, 0.25) is 0 Å². The Labute approximate surface area is 149 Å². The van der Waals surface area contributed by atoms with Crippen molar-refractivity contribution in [3.05, 3.63) is 59.2 Å². The Bertz CT molecular complexity index is 805. The van der Waals surface area contributed by atoms with Crippen LogP contribution < -0.4 is 0 Å². The fourth-order valence-electron chi connectivity index (χ4n) is 3.56. The number of carbonyl (C=O) groups is 2. The molecule has 0 saturated heterocycles. The lowest BCUT2D eigenvalue weighted by atomic mass is 10.0. The summed E-state index contributed by atoms with van der Waals surface area (Å²) in [6.07, 6.45) is 2.14. The summed E-state index contributed by atoms with van der Waals surface area (Å²) in [5, 5.41) is 0. The number of hydrogen-bond acceptors (Lipinski definition) is 2. The summed E-state index contributed by atoms with van der Waals surface area (Å²) in [5.74, 6) is 0.550. The second-order valence-corrected chi connectivity index (χ2v) is 6.66. The van der Waals surface area contributed by atoms with E-state index in [1.165, 1.54) is 0 Å². The monoisotopic (exact) mass is 335 g/mol. The van der Waals surface area contributed by atoms with Gasteiger partial charge in [0.15, 0.2) is 5.78 Å². The summed E-state index contributed by atoms with van der Waals surface area (Å²) >= 11 is 0. The molecule has 1 amide bonds. The van der Waals surface area contributed by atoms with E-state index < -0.39 is 0 Å². The zero-order chi connectivity index (χ0) is 18.0. The van der Waals surface area contributed by atoms with Gasteiger partial charge in [-0.1, -0.05) is 57.0 Å². The molecule has 0 radical (unpaired) electrons. The molecule has 0 saturated carbocycles. The number of nitrogens with zero attached hydrogens (tertiary/aromatic N) is 1. The van der Waals surface area contributed by atoms with Gasteiger partial charge in [-0.05, 0) is 36.1 Å². The first kappa shape index (κ1) is 17.4. The molecule has 0 aliphatic heterocycles. The molecule has 1 aliphatic rings. The summed E-state index contributed by atoms with van der Waals surface area (Å²) in [7, 11) is 0. The number of amides is 1. The maximum atomic E-state index is 12.9. The fraction of sp³-hybridized carbons (Fsp3) is 0.364. The maximum absolute atomic E-state index is 12.9. The highest BCUT2D eigenvalue weighted by atomic mass is 16.2. The number of rotatable bonds is 6. The molecule has 3 rings (SSSR count). The number of benzene rings is 2. The van der Waals surface area contributed by atoms with Crippen LogP contribution in [0.2, 0.25) is 0 Å². The third-order valence-electron chi connectivity index (χ3n) is 5.28. The Hall–Kier alpha value is -2.42. The molecule has 130 valence electrons. The molecule has 0 spiro atoms. The fourth-order valence-corrected chi connectivity index (χ4v) is 3.56. The van der Waals surface area contributed by atoms with Gasteiger partial charge in [0.1, 0.15) is 0 Å². The predicted octanol–water partition coefficient (Wildman–Crippen LogP) is 4.80. The first-order valence-electron chi connectivity index (χ1n) is 9.18. The SMILES string of the molecule is CCC(CC)CN(CC)C(=O)c1ccc2c(c1)C(=O)c1ccccc1-2. The van der Waals surface area contributed by atoms with Gasteiger partial charge < -0.3 is 4.90 Å². The highest BCUT2D eigenvalue weighted by Gasteiger charge is 2.28. The molecular weight excluding hydrogens is 310 g/mol. The van der Waals surface area contributed by atoms with Crippen LogP contribution in [0.1, 0.15) is 59.9 Å². The summed E-state index contributed by atoms with van der Waals surface area (Å²) in [4.78, 5) is 27.5. The van der Waals surface area contributed by atoms with Gasteiger partial charge in [0, 0.05) is 29.8 Å². The van der Waals surface area contributed by atoms with Crippen molar-refractivity contribution in [3.63, 3.8) is 0 Å². The summed E-state index contributed by atoms with van der Waals surface area (Å²) in [6.45, 7) is 7.79. The third kappa shape index (κ3) is 3.11. The van der Waals surface area contributed by atoms with Crippen LogP contribution in [0.4, 0.5) is 0 Å². The Morgan fingerprint density at radius 1 is 0.920 bits per heavy atom. The van der Waals surface area contributed by atoms with Gasteiger partial charge in [0.25, 0.3) is 5.91 Å². The van der Waals surface area contributed by atoms with Crippen LogP contribution in [0.3, 0.4) is 0 Å². The molecule has 1 aliphatic carbocycles. The topological polar surface area (TPSA) is 37.4 Å². The van der Waals surface area contributed by atoms with Crippen LogP contribution in [0.5, 0.6) is 0 Å². The van der Waals surface area contributed by atoms with Crippen molar-refractivity contribution in [1.29, 1.82) is 0 Å². The molecule has 0 N–H and O–H groups in total. The lowest BCUT2D eigenvalue weighted by Gasteiger charge is -2.25. The zero-order valence-electron chi connectivity index (χ0n) is 15.2. The number of ketones is 1. The Balaban J connectivity index is 1.90. The van der Waals surface area contributed by atoms with Crippen LogP contribution >= 0.6 is 0 Å². The number of hydrogen-bond donors (Lipinski definition) is 0. The quantitative estimate of drug-likeness (QED) is 0.649. The van der Waals surface area contributed by atoms with E-state index in [4.69, 9.17) is 0 Å². The van der Waals surface area contributed by atoms with Crippen molar-refractivity contribution in [1.82, 2.24) is 4.90 Å². The van der Waals surface area contributed by atoms with Gasteiger partial charge in [-0.25, -0.2) is 0 Å². The first-order valence-corrected chi connectivity index (χ1v) is 9.18. The van der Waals surface area contributed by atoms with Crippen LogP contribution in [0.25, 0.3) is 11.1 Å². The average Bonchev–Trinajstić information content (AvgIpc) is 2.95. The van der Waals surface area contributed by atoms with Crippen molar-refractivity contribution in [3.8, 4) is 11.1 Å². The van der Waals surface area contributed by atoms with E-state index in [1.54, 1.807) is 6.07 Å². The van der Waals surface area contributed by atoms with Gasteiger partial charge in [-0.15, -0.1) is 0 Å². The van der Waals surface area contributed by atoms with Crippen molar-refractivity contribution in [2.45, 2.75) is 33.6 Å². The second-order valence-electron chi connectivity index (χ2n) is 6.66. The Kier molecular flexibility index (Phi) is 5.03. The second kappa shape index (κ2) is 7.22. The van der Waals surface area contributed by atoms with Gasteiger partial charge >= 0.3 is 0 Å². The van der Waals surface area contributed by atoms with Gasteiger partial charge in [-0.3, -0.25) is 9.59 Å². The molecule has 3 nitrogen and oxygen atoms in total. The number of fused-ring (bicyclic) bond motifs is 3. The van der Waals surface area contributed by atoms with Crippen LogP contribution in [0.15, 0.2) is 42.5 Å². The summed E-state index contributed by atoms with van der Waals surface area (Å²) < 4.78 is 0. The lowest BCUT2D eigenvalue weighted by Crippen LogP contribution is -2.35. The Morgan fingerprint density at radius 3 is 2.20 bits per heavy atom. The van der Waals surface area contributed by atoms with Crippen molar-refractivity contribution in [2.75, 3.05) is 13.1 Å². The lowest BCUT2D eigenvalue weighted by molar-refractivity contribution is 0.0735. The van der Waals surface area contributed by atoms with E-state index in [2.05, 4.69) is 13.8 Å². The van der Waals surface area contributed by atoms with Crippen molar-refractivity contribution in [2.24, 2.45) is 5.92 Å². The molecule has 25 heavy (non-hydrogen) atoms. The maximum Gasteiger partial charge on any atom is 0.253 e. The summed E-state index contributed by atoms with van der Waals surface area (Å²) in [6, 6.07) is 13.2. The molecule has 0 heterocycles. The molecule has 0 fully saturated rings. The molecule has 0 unspecified atom stereocenters. The normalized spacial score (nSPS) is 12.2. The van der Waals surface area contributed by atoms with E-state index in [-0.39, 0.29) is 11.7 Å². The molecule has 3 heteroatoms. The first-order chi connectivity index (χ1) is 12.1. The minimum absolute atomic E-state index is 0.0148. The van der Waals surface area contributed by atoms with Crippen molar-refractivity contribution >= 4 is 11.7 Å². The van der Waals surface area contributed by atoms with Crippen LogP contribution in [0, 0.1) is 5.92 Å². The van der Waals surface area contributed by atoms with E-state index in [0.717, 1.165) is 36.1 Å².